The highest BCUT2D eigenvalue weighted by Gasteiger charge is 2.15. The van der Waals surface area contributed by atoms with Gasteiger partial charge in [-0.2, -0.15) is 0 Å². The highest BCUT2D eigenvalue weighted by molar-refractivity contribution is 5.39. The summed E-state index contributed by atoms with van der Waals surface area (Å²) in [7, 11) is 0. The molecule has 1 atom stereocenters. The van der Waals surface area contributed by atoms with Crippen LogP contribution in [0.4, 0.5) is 0 Å². The van der Waals surface area contributed by atoms with Crippen molar-refractivity contribution in [2.45, 2.75) is 33.2 Å². The molecule has 1 unspecified atom stereocenters. The SMILES string of the molecule is C=C(C)/C(N)=C1/C=CC=CN1C(C)CC. The molecule has 0 aromatic carbocycles. The predicted octanol–water partition coefficient (Wildman–Crippen LogP) is 2.92. The Bertz CT molecular complexity index is 334. The molecule has 2 nitrogen and oxygen atoms in total. The summed E-state index contributed by atoms with van der Waals surface area (Å²) in [6.45, 7) is 10.2. The average Bonchev–Trinajstić information content (AvgIpc) is 2.27. The second kappa shape index (κ2) is 4.87. The zero-order chi connectivity index (χ0) is 11.4. The van der Waals surface area contributed by atoms with Crippen molar-refractivity contribution in [2.24, 2.45) is 5.73 Å². The highest BCUT2D eigenvalue weighted by Crippen LogP contribution is 2.21. The van der Waals surface area contributed by atoms with E-state index in [-0.39, 0.29) is 0 Å². The van der Waals surface area contributed by atoms with Gasteiger partial charge in [0, 0.05) is 12.2 Å². The minimum atomic E-state index is 0.457. The molecule has 2 heteroatoms. The van der Waals surface area contributed by atoms with Crippen LogP contribution in [0.15, 0.2) is 48.0 Å². The van der Waals surface area contributed by atoms with Gasteiger partial charge in [0.05, 0.1) is 11.4 Å². The molecule has 0 aromatic heterocycles. The number of rotatable bonds is 3. The molecule has 0 aliphatic carbocycles. The summed E-state index contributed by atoms with van der Waals surface area (Å²) < 4.78 is 0. The van der Waals surface area contributed by atoms with Crippen molar-refractivity contribution in [1.29, 1.82) is 0 Å². The Hall–Kier alpha value is -1.44. The molecule has 82 valence electrons. The highest BCUT2D eigenvalue weighted by atomic mass is 15.2. The summed E-state index contributed by atoms with van der Waals surface area (Å²) in [6, 6.07) is 0.457. The maximum Gasteiger partial charge on any atom is 0.0644 e. The zero-order valence-electron chi connectivity index (χ0n) is 9.83. The average molecular weight is 204 g/mol. The van der Waals surface area contributed by atoms with Crippen LogP contribution >= 0.6 is 0 Å². The Balaban J connectivity index is 3.05. The van der Waals surface area contributed by atoms with E-state index >= 15 is 0 Å². The van der Waals surface area contributed by atoms with Crippen molar-refractivity contribution < 1.29 is 0 Å². The Labute approximate surface area is 92.5 Å². The number of hydrogen-bond acceptors (Lipinski definition) is 2. The van der Waals surface area contributed by atoms with Crippen molar-refractivity contribution >= 4 is 0 Å². The van der Waals surface area contributed by atoms with Gasteiger partial charge in [-0.05, 0) is 38.0 Å². The van der Waals surface area contributed by atoms with Crippen LogP contribution in [0.25, 0.3) is 0 Å². The van der Waals surface area contributed by atoms with Crippen molar-refractivity contribution in [3.63, 3.8) is 0 Å². The lowest BCUT2D eigenvalue weighted by atomic mass is 10.1. The van der Waals surface area contributed by atoms with Gasteiger partial charge in [-0.25, -0.2) is 0 Å². The molecule has 1 rings (SSSR count). The van der Waals surface area contributed by atoms with Crippen LogP contribution in [-0.4, -0.2) is 10.9 Å². The van der Waals surface area contributed by atoms with E-state index in [0.29, 0.717) is 6.04 Å². The van der Waals surface area contributed by atoms with Crippen LogP contribution in [0, 0.1) is 0 Å². The monoisotopic (exact) mass is 204 g/mol. The van der Waals surface area contributed by atoms with Crippen LogP contribution in [0.1, 0.15) is 27.2 Å². The van der Waals surface area contributed by atoms with Crippen molar-refractivity contribution in [3.05, 3.63) is 48.0 Å². The van der Waals surface area contributed by atoms with Gasteiger partial charge in [-0.1, -0.05) is 19.6 Å². The second-order valence-electron chi connectivity index (χ2n) is 3.94. The fourth-order valence-corrected chi connectivity index (χ4v) is 1.48. The largest absolute Gasteiger partial charge is 0.397 e. The molecule has 0 aromatic rings. The first-order valence-electron chi connectivity index (χ1n) is 5.36. The fourth-order valence-electron chi connectivity index (χ4n) is 1.48. The number of nitrogens with zero attached hydrogens (tertiary/aromatic N) is 1. The quantitative estimate of drug-likeness (QED) is 0.766. The van der Waals surface area contributed by atoms with Gasteiger partial charge in [-0.15, -0.1) is 0 Å². The lowest BCUT2D eigenvalue weighted by Crippen LogP contribution is -2.29. The van der Waals surface area contributed by atoms with Crippen LogP contribution in [0.3, 0.4) is 0 Å². The molecular formula is C13H20N2. The Kier molecular flexibility index (Phi) is 3.78. The van der Waals surface area contributed by atoms with Gasteiger partial charge >= 0.3 is 0 Å². The molecule has 0 fully saturated rings. The first-order valence-corrected chi connectivity index (χ1v) is 5.36. The molecule has 1 aliphatic rings. The first-order chi connectivity index (χ1) is 7.07. The molecular weight excluding hydrogens is 184 g/mol. The molecule has 1 aliphatic heterocycles. The topological polar surface area (TPSA) is 29.3 Å². The second-order valence-corrected chi connectivity index (χ2v) is 3.94. The molecule has 0 saturated carbocycles. The van der Waals surface area contributed by atoms with Crippen LogP contribution in [0.2, 0.25) is 0 Å². The first kappa shape index (κ1) is 11.6. The summed E-state index contributed by atoms with van der Waals surface area (Å²) in [5.74, 6) is 0. The molecule has 15 heavy (non-hydrogen) atoms. The maximum absolute atomic E-state index is 6.03. The summed E-state index contributed by atoms with van der Waals surface area (Å²) in [5.41, 5.74) is 8.77. The third kappa shape index (κ3) is 2.52. The normalized spacial score (nSPS) is 20.3. The predicted molar refractivity (Wildman–Crippen MR) is 65.9 cm³/mol. The van der Waals surface area contributed by atoms with E-state index in [2.05, 4.69) is 31.5 Å². The maximum atomic E-state index is 6.03. The molecule has 0 bridgehead atoms. The third-order valence-corrected chi connectivity index (χ3v) is 2.69. The number of allylic oxidation sites excluding steroid dienone is 4. The van der Waals surface area contributed by atoms with E-state index in [0.717, 1.165) is 23.4 Å². The lowest BCUT2D eigenvalue weighted by molar-refractivity contribution is 0.356. The zero-order valence-corrected chi connectivity index (χ0v) is 9.83. The van der Waals surface area contributed by atoms with Crippen molar-refractivity contribution in [1.82, 2.24) is 4.90 Å². The summed E-state index contributed by atoms with van der Waals surface area (Å²) in [6.07, 6.45) is 9.23. The van der Waals surface area contributed by atoms with Gasteiger partial charge in [0.1, 0.15) is 0 Å². The number of hydrogen-bond donors (Lipinski definition) is 1. The molecule has 2 N–H and O–H groups in total. The van der Waals surface area contributed by atoms with Crippen molar-refractivity contribution in [2.75, 3.05) is 0 Å². The van der Waals surface area contributed by atoms with Crippen LogP contribution in [0.5, 0.6) is 0 Å². The Morgan fingerprint density at radius 2 is 2.20 bits per heavy atom. The number of nitrogens with two attached hydrogens (primary N) is 1. The Morgan fingerprint density at radius 1 is 1.53 bits per heavy atom. The third-order valence-electron chi connectivity index (χ3n) is 2.69. The molecule has 0 radical (unpaired) electrons. The molecule has 1 heterocycles. The van der Waals surface area contributed by atoms with E-state index in [1.807, 2.05) is 25.2 Å². The smallest absolute Gasteiger partial charge is 0.0644 e. The summed E-state index contributed by atoms with van der Waals surface area (Å²) in [5, 5.41) is 0. The van der Waals surface area contributed by atoms with E-state index < -0.39 is 0 Å². The van der Waals surface area contributed by atoms with Crippen LogP contribution in [-0.2, 0) is 0 Å². The summed E-state index contributed by atoms with van der Waals surface area (Å²) >= 11 is 0. The molecule has 0 spiro atoms. The van der Waals surface area contributed by atoms with Gasteiger partial charge < -0.3 is 10.6 Å². The minimum Gasteiger partial charge on any atom is -0.397 e. The van der Waals surface area contributed by atoms with Gasteiger partial charge in [0.25, 0.3) is 0 Å². The summed E-state index contributed by atoms with van der Waals surface area (Å²) in [4.78, 5) is 2.20. The molecule has 0 amide bonds. The lowest BCUT2D eigenvalue weighted by Gasteiger charge is -2.31. The van der Waals surface area contributed by atoms with E-state index in [1.54, 1.807) is 0 Å². The minimum absolute atomic E-state index is 0.457. The van der Waals surface area contributed by atoms with Gasteiger partial charge in [-0.3, -0.25) is 0 Å². The van der Waals surface area contributed by atoms with E-state index in [4.69, 9.17) is 5.73 Å². The van der Waals surface area contributed by atoms with Gasteiger partial charge in [0.2, 0.25) is 0 Å². The van der Waals surface area contributed by atoms with E-state index in [1.165, 1.54) is 0 Å². The molecule has 0 saturated heterocycles. The van der Waals surface area contributed by atoms with Crippen LogP contribution < -0.4 is 5.73 Å². The van der Waals surface area contributed by atoms with E-state index in [9.17, 15) is 0 Å². The Morgan fingerprint density at radius 3 is 2.73 bits per heavy atom. The fraction of sp³-hybridized carbons (Fsp3) is 0.385. The van der Waals surface area contributed by atoms with Gasteiger partial charge in [0.15, 0.2) is 0 Å². The standard InChI is InChI=1S/C13H20N2/c1-5-11(4)15-9-7-6-8-12(15)13(14)10(2)3/h6-9,11H,2,5,14H2,1,3-4H3/b13-12+. The van der Waals surface area contributed by atoms with Crippen molar-refractivity contribution in [3.8, 4) is 0 Å².